The molecule has 2 rings (SSSR count). The van der Waals surface area contributed by atoms with E-state index in [4.69, 9.17) is 9.73 Å². The quantitative estimate of drug-likeness (QED) is 0.189. The number of nitrogens with one attached hydrogen (secondary N) is 2. The molecule has 0 saturated carbocycles. The summed E-state index contributed by atoms with van der Waals surface area (Å²) in [6.07, 6.45) is 9.96. The third kappa shape index (κ3) is 9.63. The van der Waals surface area contributed by atoms with Crippen LogP contribution in [0.4, 0.5) is 0 Å². The Bertz CT molecular complexity index is 592. The number of ether oxygens (including phenoxy) is 1. The number of aromatic nitrogens is 3. The fraction of sp³-hybridized carbons (Fsp3) is 0.857. The lowest BCUT2D eigenvalue weighted by molar-refractivity contribution is 0.177. The highest BCUT2D eigenvalue weighted by atomic mass is 127. The van der Waals surface area contributed by atoms with Crippen LogP contribution in [-0.4, -0.2) is 47.0 Å². The van der Waals surface area contributed by atoms with Crippen molar-refractivity contribution in [1.29, 1.82) is 0 Å². The Labute approximate surface area is 193 Å². The first kappa shape index (κ1) is 26.1. The highest BCUT2D eigenvalue weighted by molar-refractivity contribution is 14.0. The Kier molecular flexibility index (Phi) is 13.5. The molecule has 1 aromatic rings. The zero-order chi connectivity index (χ0) is 20.2. The lowest BCUT2D eigenvalue weighted by Gasteiger charge is -2.25. The number of aryl methyl sites for hydroxylation is 1. The second-order valence-corrected chi connectivity index (χ2v) is 7.97. The summed E-state index contributed by atoms with van der Waals surface area (Å²) in [5, 5.41) is 11.5. The number of hydrogen-bond donors (Lipinski definition) is 2. The van der Waals surface area contributed by atoms with E-state index in [1.807, 2.05) is 4.68 Å². The molecule has 2 heterocycles. The summed E-state index contributed by atoms with van der Waals surface area (Å²) in [6, 6.07) is 0.326. The molecule has 2 unspecified atom stereocenters. The molecule has 168 valence electrons. The molecule has 0 radical (unpaired) electrons. The molecule has 1 aliphatic heterocycles. The van der Waals surface area contributed by atoms with Gasteiger partial charge < -0.3 is 15.4 Å². The number of guanidine groups is 1. The van der Waals surface area contributed by atoms with Crippen molar-refractivity contribution in [3.63, 3.8) is 0 Å². The molecule has 0 aliphatic carbocycles. The van der Waals surface area contributed by atoms with Gasteiger partial charge >= 0.3 is 0 Å². The molecular weight excluding hydrogens is 479 g/mol. The smallest absolute Gasteiger partial charge is 0.191 e. The van der Waals surface area contributed by atoms with Crippen molar-refractivity contribution in [2.75, 3.05) is 20.2 Å². The molecule has 8 heteroatoms. The Morgan fingerprint density at radius 2 is 2.07 bits per heavy atom. The fourth-order valence-electron chi connectivity index (χ4n) is 3.62. The average Bonchev–Trinajstić information content (AvgIpc) is 3.08. The maximum absolute atomic E-state index is 5.15. The van der Waals surface area contributed by atoms with Crippen LogP contribution in [0.25, 0.3) is 0 Å². The van der Waals surface area contributed by atoms with Gasteiger partial charge in [-0.2, -0.15) is 5.10 Å². The molecule has 0 spiro atoms. The molecular formula is C21H41IN6O. The Hall–Kier alpha value is -0.900. The zero-order valence-electron chi connectivity index (χ0n) is 18.7. The van der Waals surface area contributed by atoms with Crippen LogP contribution in [-0.2, 0) is 24.3 Å². The fourth-order valence-corrected chi connectivity index (χ4v) is 3.62. The van der Waals surface area contributed by atoms with E-state index in [1.165, 1.54) is 38.5 Å². The van der Waals surface area contributed by atoms with Crippen LogP contribution < -0.4 is 10.6 Å². The minimum Gasteiger partial charge on any atom is -0.377 e. The van der Waals surface area contributed by atoms with Crippen LogP contribution in [0.1, 0.15) is 77.4 Å². The van der Waals surface area contributed by atoms with Gasteiger partial charge in [0.25, 0.3) is 0 Å². The topological polar surface area (TPSA) is 76.4 Å². The van der Waals surface area contributed by atoms with Gasteiger partial charge in [0.15, 0.2) is 11.8 Å². The molecule has 0 amide bonds. The van der Waals surface area contributed by atoms with Crippen molar-refractivity contribution < 1.29 is 4.74 Å². The first-order valence-electron chi connectivity index (χ1n) is 11.1. The lowest BCUT2D eigenvalue weighted by atomic mass is 10.0. The van der Waals surface area contributed by atoms with Crippen molar-refractivity contribution in [1.82, 2.24) is 25.4 Å². The minimum absolute atomic E-state index is 0. The SMILES string of the molecule is CCCCCCCC(C)CN=C(NCC)NC1CCc2nc(COC)nn2C1.I. The molecule has 0 aromatic carbocycles. The van der Waals surface area contributed by atoms with Crippen molar-refractivity contribution in [2.24, 2.45) is 10.9 Å². The van der Waals surface area contributed by atoms with Crippen molar-refractivity contribution in [2.45, 2.75) is 91.3 Å². The minimum atomic E-state index is 0. The van der Waals surface area contributed by atoms with Gasteiger partial charge in [0, 0.05) is 32.7 Å². The normalized spacial score (nSPS) is 17.4. The number of unbranched alkanes of at least 4 members (excludes halogenated alkanes) is 4. The van der Waals surface area contributed by atoms with Crippen molar-refractivity contribution in [3.8, 4) is 0 Å². The number of hydrogen-bond acceptors (Lipinski definition) is 4. The van der Waals surface area contributed by atoms with E-state index in [9.17, 15) is 0 Å². The van der Waals surface area contributed by atoms with E-state index >= 15 is 0 Å². The summed E-state index contributed by atoms with van der Waals surface area (Å²) in [7, 11) is 1.68. The molecule has 7 nitrogen and oxygen atoms in total. The van der Waals surface area contributed by atoms with Crippen LogP contribution in [0.3, 0.4) is 0 Å². The van der Waals surface area contributed by atoms with Crippen LogP contribution in [0.5, 0.6) is 0 Å². The van der Waals surface area contributed by atoms with Crippen LogP contribution in [0.15, 0.2) is 4.99 Å². The van der Waals surface area contributed by atoms with Gasteiger partial charge in [-0.1, -0.05) is 46.0 Å². The van der Waals surface area contributed by atoms with E-state index in [1.54, 1.807) is 7.11 Å². The maximum Gasteiger partial charge on any atom is 0.191 e. The third-order valence-corrected chi connectivity index (χ3v) is 5.22. The molecule has 0 saturated heterocycles. The molecule has 2 atom stereocenters. The first-order valence-corrected chi connectivity index (χ1v) is 11.1. The molecule has 29 heavy (non-hydrogen) atoms. The highest BCUT2D eigenvalue weighted by Crippen LogP contribution is 2.14. The first-order chi connectivity index (χ1) is 13.7. The van der Waals surface area contributed by atoms with Gasteiger partial charge in [-0.25, -0.2) is 9.67 Å². The highest BCUT2D eigenvalue weighted by Gasteiger charge is 2.22. The number of nitrogens with zero attached hydrogens (tertiary/aromatic N) is 4. The number of methoxy groups -OCH3 is 1. The molecule has 0 bridgehead atoms. The Morgan fingerprint density at radius 3 is 2.79 bits per heavy atom. The molecule has 0 fully saturated rings. The van der Waals surface area contributed by atoms with Gasteiger partial charge in [-0.05, 0) is 25.7 Å². The molecule has 1 aromatic heterocycles. The maximum atomic E-state index is 5.15. The van der Waals surface area contributed by atoms with Gasteiger partial charge in [0.2, 0.25) is 0 Å². The zero-order valence-corrected chi connectivity index (χ0v) is 21.1. The largest absolute Gasteiger partial charge is 0.377 e. The summed E-state index contributed by atoms with van der Waals surface area (Å²) in [5.74, 6) is 3.38. The van der Waals surface area contributed by atoms with E-state index in [0.29, 0.717) is 18.6 Å². The van der Waals surface area contributed by atoms with E-state index in [2.05, 4.69) is 41.5 Å². The summed E-state index contributed by atoms with van der Waals surface area (Å²) >= 11 is 0. The summed E-state index contributed by atoms with van der Waals surface area (Å²) in [6.45, 7) is 9.73. The van der Waals surface area contributed by atoms with Crippen molar-refractivity contribution in [3.05, 3.63) is 11.6 Å². The van der Waals surface area contributed by atoms with Crippen LogP contribution in [0.2, 0.25) is 0 Å². The summed E-state index contributed by atoms with van der Waals surface area (Å²) < 4.78 is 7.16. The van der Waals surface area contributed by atoms with Crippen LogP contribution >= 0.6 is 24.0 Å². The number of rotatable bonds is 12. The number of aliphatic imine (C=N–C) groups is 1. The second kappa shape index (κ2) is 15.0. The van der Waals surface area contributed by atoms with E-state index in [-0.39, 0.29) is 24.0 Å². The number of fused-ring (bicyclic) bond motifs is 1. The van der Waals surface area contributed by atoms with Gasteiger partial charge in [-0.3, -0.25) is 4.99 Å². The van der Waals surface area contributed by atoms with Gasteiger partial charge in [0.05, 0.1) is 6.54 Å². The van der Waals surface area contributed by atoms with Crippen LogP contribution in [0, 0.1) is 5.92 Å². The summed E-state index contributed by atoms with van der Waals surface area (Å²) in [4.78, 5) is 9.39. The summed E-state index contributed by atoms with van der Waals surface area (Å²) in [5.41, 5.74) is 0. The van der Waals surface area contributed by atoms with Gasteiger partial charge in [0.1, 0.15) is 12.4 Å². The van der Waals surface area contributed by atoms with Crippen molar-refractivity contribution >= 4 is 29.9 Å². The lowest BCUT2D eigenvalue weighted by Crippen LogP contribution is -2.47. The predicted octanol–water partition coefficient (Wildman–Crippen LogP) is 3.91. The Morgan fingerprint density at radius 1 is 1.28 bits per heavy atom. The predicted molar refractivity (Wildman–Crippen MR) is 130 cm³/mol. The number of halogens is 1. The average molecular weight is 521 g/mol. The van der Waals surface area contributed by atoms with Gasteiger partial charge in [-0.15, -0.1) is 24.0 Å². The third-order valence-electron chi connectivity index (χ3n) is 5.22. The molecule has 1 aliphatic rings. The second-order valence-electron chi connectivity index (χ2n) is 7.97. The monoisotopic (exact) mass is 520 g/mol. The standard InChI is InChI=1S/C21H40N6O.HI/c1-5-7-8-9-10-11-17(3)14-23-21(22-6-2)24-18-12-13-20-25-19(16-28-4)26-27(20)15-18;/h17-18H,5-16H2,1-4H3,(H2,22,23,24);1H. The van der Waals surface area contributed by atoms with E-state index < -0.39 is 0 Å². The Balaban J connectivity index is 0.00000420. The molecule has 2 N–H and O–H groups in total. The van der Waals surface area contributed by atoms with E-state index in [0.717, 1.165) is 50.1 Å².